The van der Waals surface area contributed by atoms with Crippen LogP contribution in [0.4, 0.5) is 0 Å². The molecule has 0 unspecified atom stereocenters. The predicted octanol–water partition coefficient (Wildman–Crippen LogP) is 14.9. The summed E-state index contributed by atoms with van der Waals surface area (Å²) < 4.78 is 0. The van der Waals surface area contributed by atoms with E-state index in [-0.39, 0.29) is 25.7 Å². The number of rotatable bonds is 4. The third kappa shape index (κ3) is 6.67. The van der Waals surface area contributed by atoms with Crippen LogP contribution in [0.3, 0.4) is 0 Å². The highest BCUT2D eigenvalue weighted by atomic mass is 30.1. The lowest BCUT2D eigenvalue weighted by molar-refractivity contribution is 0.585. The van der Waals surface area contributed by atoms with E-state index in [9.17, 15) is 0 Å². The molecule has 0 saturated heterocycles. The normalized spacial score (nSPS) is 19.9. The van der Waals surface area contributed by atoms with Crippen molar-refractivity contribution in [2.75, 3.05) is 0 Å². The summed E-state index contributed by atoms with van der Waals surface area (Å²) in [4.78, 5) is 8.56. The maximum atomic E-state index is 6.53. The number of nitrogens with zero attached hydrogens (tertiary/aromatic N) is 1. The van der Waals surface area contributed by atoms with Crippen LogP contribution in [-0.2, 0) is 0 Å². The average molecular weight is 797 g/mol. The molecule has 0 fully saturated rings. The van der Waals surface area contributed by atoms with Gasteiger partial charge < -0.3 is 0 Å². The van der Waals surface area contributed by atoms with Crippen LogP contribution >= 0.6 is 0 Å². The standard InChI is InChI=1S/C41H93NSi7/c1-33(2,3)42-32-43(45(28,34(4,5)6)35(7,8)9)44(46(29,36(10,11)12)37(13,14)15)49(32,47(30,38(16,17)18)39(19,20)21)48(31,40(22,23)24)41(25,26)27/h1-31H3. The Hall–Kier alpha value is 1.19. The van der Waals surface area contributed by atoms with E-state index in [0.29, 0.717) is 20.2 Å². The summed E-state index contributed by atoms with van der Waals surface area (Å²) in [5, 5.41) is 2.36. The van der Waals surface area contributed by atoms with Gasteiger partial charge in [0.25, 0.3) is 0 Å². The Morgan fingerprint density at radius 1 is 0.367 bits per heavy atom. The van der Waals surface area contributed by atoms with Crippen molar-refractivity contribution in [1.82, 2.24) is 0 Å². The van der Waals surface area contributed by atoms with Crippen LogP contribution in [0.2, 0.25) is 66.5 Å². The molecule has 1 aliphatic heterocycles. The summed E-state index contributed by atoms with van der Waals surface area (Å²) in [5.41, 5.74) is -0.0699. The Morgan fingerprint density at radius 3 is 0.755 bits per heavy atom. The van der Waals surface area contributed by atoms with E-state index in [4.69, 9.17) is 4.99 Å². The Morgan fingerprint density at radius 2 is 0.592 bits per heavy atom. The molecule has 0 aliphatic carbocycles. The number of aliphatic imine (C=N–C) groups is 1. The molecule has 0 amide bonds. The molecule has 0 bridgehead atoms. The van der Waals surface area contributed by atoms with E-state index >= 15 is 0 Å². The average Bonchev–Trinajstić information content (AvgIpc) is 2.74. The van der Waals surface area contributed by atoms with Crippen LogP contribution in [-0.4, -0.2) is 61.8 Å². The second kappa shape index (κ2) is 12.6. The molecule has 0 spiro atoms. The summed E-state index contributed by atoms with van der Waals surface area (Å²) in [6.45, 7) is 81.8. The van der Waals surface area contributed by atoms with Gasteiger partial charge in [-0.15, -0.1) is 0 Å². The molecule has 0 aromatic carbocycles. The van der Waals surface area contributed by atoms with Gasteiger partial charge in [0.2, 0.25) is 0 Å². The topological polar surface area (TPSA) is 12.4 Å². The van der Waals surface area contributed by atoms with Gasteiger partial charge in [0.15, 0.2) is 0 Å². The van der Waals surface area contributed by atoms with Crippen LogP contribution in [0, 0.1) is 0 Å². The number of hydrogen-bond donors (Lipinski definition) is 0. The summed E-state index contributed by atoms with van der Waals surface area (Å²) >= 11 is 0. The molecule has 49 heavy (non-hydrogen) atoms. The lowest BCUT2D eigenvalue weighted by Gasteiger charge is -2.79. The second-order valence-electron chi connectivity index (χ2n) is 26.6. The van der Waals surface area contributed by atoms with Gasteiger partial charge >= 0.3 is 0 Å². The number of hydrogen-bond acceptors (Lipinski definition) is 1. The first-order valence-corrected chi connectivity index (χ1v) is 40.9. The minimum atomic E-state index is -2.37. The molecule has 0 atom stereocenters. The zero-order valence-corrected chi connectivity index (χ0v) is 46.9. The van der Waals surface area contributed by atoms with E-state index in [1.54, 1.807) is 0 Å². The van der Waals surface area contributed by atoms with Crippen molar-refractivity contribution < 1.29 is 0 Å². The van der Waals surface area contributed by atoms with E-state index in [1.165, 1.54) is 0 Å². The van der Waals surface area contributed by atoms with Crippen molar-refractivity contribution in [2.24, 2.45) is 4.99 Å². The third-order valence-electron chi connectivity index (χ3n) is 16.2. The predicted molar refractivity (Wildman–Crippen MR) is 249 cm³/mol. The van der Waals surface area contributed by atoms with Crippen molar-refractivity contribution in [3.63, 3.8) is 0 Å². The Labute approximate surface area is 318 Å². The van der Waals surface area contributed by atoms with Gasteiger partial charge in [-0.1, -0.05) is 192 Å². The highest BCUT2D eigenvalue weighted by molar-refractivity contribution is 8.16. The minimum Gasteiger partial charge on any atom is -0.295 e. The lowest BCUT2D eigenvalue weighted by atomic mass is 10.1. The molecule has 0 radical (unpaired) electrons. The van der Waals surface area contributed by atoms with Crippen LogP contribution in [0.5, 0.6) is 0 Å². The first-order chi connectivity index (χ1) is 20.6. The first kappa shape index (κ1) is 48.2. The molecule has 290 valence electrons. The quantitative estimate of drug-likeness (QED) is 0.251. The fourth-order valence-electron chi connectivity index (χ4n) is 11.9. The van der Waals surface area contributed by atoms with Gasteiger partial charge in [0, 0.05) is 7.41 Å². The van der Waals surface area contributed by atoms with E-state index in [0.717, 1.165) is 0 Å². The van der Waals surface area contributed by atoms with E-state index < -0.39 is 51.3 Å². The molecular weight excluding hydrogens is 703 g/mol. The Bertz CT molecular complexity index is 1210. The molecular formula is C41H93NSi7. The fourth-order valence-corrected chi connectivity index (χ4v) is 266. The van der Waals surface area contributed by atoms with Gasteiger partial charge in [0.1, 0.15) is 0 Å². The molecule has 1 aliphatic rings. The summed E-state index contributed by atoms with van der Waals surface area (Å²) in [6.07, 6.45) is 0. The van der Waals surface area contributed by atoms with Crippen LogP contribution in [0.1, 0.15) is 187 Å². The van der Waals surface area contributed by atoms with Crippen LogP contribution in [0.25, 0.3) is 0 Å². The zero-order chi connectivity index (χ0) is 40.4. The van der Waals surface area contributed by atoms with Crippen molar-refractivity contribution in [3.8, 4) is 0 Å². The monoisotopic (exact) mass is 796 g/mol. The summed E-state index contributed by atoms with van der Waals surface area (Å²) in [5.74, 6) is 0. The molecule has 0 saturated carbocycles. The largest absolute Gasteiger partial charge is 0.295 e. The summed E-state index contributed by atoms with van der Waals surface area (Å²) in [7, 11) is -9.44. The maximum absolute atomic E-state index is 6.53. The Balaban J connectivity index is 5.82. The lowest BCUT2D eigenvalue weighted by Crippen LogP contribution is -3.04. The van der Waals surface area contributed by atoms with Crippen LogP contribution < -0.4 is 0 Å². The first-order valence-electron chi connectivity index (χ1n) is 19.9. The van der Waals surface area contributed by atoms with Crippen molar-refractivity contribution >= 4 is 56.3 Å². The molecule has 1 heterocycles. The SMILES string of the molecule is CC(C)(C)N=C1[Si]([Si](C)(C(C)(C)C)C(C)(C)C)=[Si]([Si](C)(C(C)(C)C)C(C)(C)C)[Si]1([Si](C)(C(C)(C)C)C(C)(C)C)[Si](C)(C(C)(C)C)C(C)(C)C. The fraction of sp³-hybridized carbons (Fsp3) is 0.976. The minimum absolute atomic E-state index is 0.0699. The molecule has 8 heteroatoms. The third-order valence-corrected chi connectivity index (χ3v) is 157. The van der Waals surface area contributed by atoms with Crippen LogP contribution in [0.15, 0.2) is 4.99 Å². The molecule has 0 aromatic heterocycles. The van der Waals surface area contributed by atoms with Gasteiger partial charge in [-0.2, -0.15) is 0 Å². The highest BCUT2D eigenvalue weighted by Crippen LogP contribution is 2.70. The smallest absolute Gasteiger partial charge is 0.0951 e. The molecule has 0 aromatic rings. The molecule has 1 nitrogen and oxygen atoms in total. The van der Waals surface area contributed by atoms with Gasteiger partial charge in [-0.05, 0) is 73.0 Å². The van der Waals surface area contributed by atoms with Gasteiger partial charge in [-0.25, -0.2) is 0 Å². The highest BCUT2D eigenvalue weighted by Gasteiger charge is 2.85. The van der Waals surface area contributed by atoms with E-state index in [2.05, 4.69) is 213 Å². The Kier molecular flexibility index (Phi) is 12.4. The van der Waals surface area contributed by atoms with Crippen molar-refractivity contribution in [2.45, 2.75) is 259 Å². The van der Waals surface area contributed by atoms with Crippen molar-refractivity contribution in [1.29, 1.82) is 0 Å². The second-order valence-corrected chi connectivity index (χ2v) is 88.8. The van der Waals surface area contributed by atoms with Crippen molar-refractivity contribution in [3.05, 3.63) is 0 Å². The van der Waals surface area contributed by atoms with Gasteiger partial charge in [-0.3, -0.25) is 4.99 Å². The molecule has 1 rings (SSSR count). The molecule has 0 N–H and O–H groups in total. The van der Waals surface area contributed by atoms with E-state index in [1.807, 2.05) is 4.96 Å². The van der Waals surface area contributed by atoms with Gasteiger partial charge in [0.05, 0.1) is 42.5 Å². The zero-order valence-electron chi connectivity index (χ0n) is 39.9. The maximum Gasteiger partial charge on any atom is 0.0951 e. The summed E-state index contributed by atoms with van der Waals surface area (Å²) in [6, 6.07) is 0.